The first-order valence-electron chi connectivity index (χ1n) is 9.63. The lowest BCUT2D eigenvalue weighted by Gasteiger charge is -2.25. The van der Waals surface area contributed by atoms with Crippen LogP contribution in [0.1, 0.15) is 18.9 Å². The molecule has 1 aliphatic rings. The van der Waals surface area contributed by atoms with Gasteiger partial charge >= 0.3 is 0 Å². The van der Waals surface area contributed by atoms with E-state index in [1.165, 1.54) is 12.1 Å². The molecule has 0 spiro atoms. The summed E-state index contributed by atoms with van der Waals surface area (Å²) in [5.74, 6) is 0.887. The van der Waals surface area contributed by atoms with Gasteiger partial charge in [0.1, 0.15) is 17.7 Å². The van der Waals surface area contributed by atoms with E-state index in [2.05, 4.69) is 19.5 Å². The van der Waals surface area contributed by atoms with Gasteiger partial charge in [0.15, 0.2) is 16.5 Å². The SMILES string of the molecule is Fc1ccc2ncn(-c3ncc4nc(-c5nccs5)n(C5CCOCC5)c4n3)c2c1. The van der Waals surface area contributed by atoms with Crippen LogP contribution in [0, 0.1) is 5.82 Å². The summed E-state index contributed by atoms with van der Waals surface area (Å²) in [5.41, 5.74) is 2.73. The van der Waals surface area contributed by atoms with Crippen LogP contribution in [0.5, 0.6) is 0 Å². The maximum atomic E-state index is 13.8. The Kier molecular flexibility index (Phi) is 4.06. The van der Waals surface area contributed by atoms with Crippen LogP contribution in [0.15, 0.2) is 42.3 Å². The van der Waals surface area contributed by atoms with Crippen molar-refractivity contribution in [1.29, 1.82) is 0 Å². The molecule has 1 aromatic carbocycles. The molecule has 30 heavy (non-hydrogen) atoms. The van der Waals surface area contributed by atoms with Crippen LogP contribution in [0.25, 0.3) is 39.0 Å². The number of imidazole rings is 2. The van der Waals surface area contributed by atoms with Crippen molar-refractivity contribution < 1.29 is 9.13 Å². The zero-order valence-corrected chi connectivity index (χ0v) is 16.6. The Morgan fingerprint density at radius 1 is 1.07 bits per heavy atom. The molecule has 0 bridgehead atoms. The topological polar surface area (TPSA) is 83.5 Å². The number of fused-ring (bicyclic) bond motifs is 2. The van der Waals surface area contributed by atoms with Crippen molar-refractivity contribution in [1.82, 2.24) is 34.1 Å². The largest absolute Gasteiger partial charge is 0.381 e. The minimum Gasteiger partial charge on any atom is -0.381 e. The second-order valence-electron chi connectivity index (χ2n) is 7.11. The minimum absolute atomic E-state index is 0.211. The van der Waals surface area contributed by atoms with Crippen LogP contribution in [0.3, 0.4) is 0 Å². The zero-order chi connectivity index (χ0) is 20.1. The first-order chi connectivity index (χ1) is 14.8. The normalized spacial score (nSPS) is 15.4. The molecular weight excluding hydrogens is 405 g/mol. The van der Waals surface area contributed by atoms with E-state index in [9.17, 15) is 4.39 Å². The number of hydrogen-bond acceptors (Lipinski definition) is 7. The summed E-state index contributed by atoms with van der Waals surface area (Å²) in [6.45, 7) is 1.40. The average molecular weight is 421 g/mol. The highest BCUT2D eigenvalue weighted by atomic mass is 32.1. The number of ether oxygens (including phenoxy) is 1. The number of benzene rings is 1. The van der Waals surface area contributed by atoms with Crippen molar-refractivity contribution in [3.63, 3.8) is 0 Å². The lowest BCUT2D eigenvalue weighted by Crippen LogP contribution is -2.20. The summed E-state index contributed by atoms with van der Waals surface area (Å²) in [5, 5.41) is 2.78. The maximum absolute atomic E-state index is 13.8. The Labute approximate surface area is 174 Å². The first kappa shape index (κ1) is 17.6. The molecule has 1 aliphatic heterocycles. The van der Waals surface area contributed by atoms with Crippen LogP contribution in [0.4, 0.5) is 4.39 Å². The molecule has 5 heterocycles. The van der Waals surface area contributed by atoms with Gasteiger partial charge in [0.2, 0.25) is 5.95 Å². The molecule has 0 N–H and O–H groups in total. The van der Waals surface area contributed by atoms with E-state index >= 15 is 0 Å². The lowest BCUT2D eigenvalue weighted by atomic mass is 10.1. The van der Waals surface area contributed by atoms with Crippen molar-refractivity contribution in [3.05, 3.63) is 48.1 Å². The predicted molar refractivity (Wildman–Crippen MR) is 110 cm³/mol. The highest BCUT2D eigenvalue weighted by Gasteiger charge is 2.25. The van der Waals surface area contributed by atoms with Gasteiger partial charge in [-0.1, -0.05) is 0 Å². The van der Waals surface area contributed by atoms with Gasteiger partial charge in [-0.15, -0.1) is 11.3 Å². The molecule has 5 aromatic rings. The van der Waals surface area contributed by atoms with Gasteiger partial charge in [0, 0.05) is 36.9 Å². The molecular formula is C20H16FN7OS. The fourth-order valence-corrected chi connectivity index (χ4v) is 4.53. The van der Waals surface area contributed by atoms with Crippen molar-refractivity contribution in [2.75, 3.05) is 13.2 Å². The third-order valence-corrected chi connectivity index (χ3v) is 6.09. The van der Waals surface area contributed by atoms with E-state index in [4.69, 9.17) is 14.7 Å². The van der Waals surface area contributed by atoms with Gasteiger partial charge in [-0.05, 0) is 25.0 Å². The fourth-order valence-electron chi connectivity index (χ4n) is 3.91. The second kappa shape index (κ2) is 6.92. The predicted octanol–water partition coefficient (Wildman–Crippen LogP) is 3.78. The summed E-state index contributed by atoms with van der Waals surface area (Å²) >= 11 is 1.54. The molecule has 0 amide bonds. The standard InChI is InChI=1S/C20H16FN7OS/c21-12-1-2-14-16(9-12)27(11-24-14)20-23-10-15-17(26-20)28(13-3-6-29-7-4-13)18(25-15)19-22-5-8-30-19/h1-2,5,8-11,13H,3-4,6-7H2. The van der Waals surface area contributed by atoms with Crippen LogP contribution >= 0.6 is 11.3 Å². The molecule has 0 atom stereocenters. The zero-order valence-electron chi connectivity index (χ0n) is 15.8. The maximum Gasteiger partial charge on any atom is 0.237 e. The summed E-state index contributed by atoms with van der Waals surface area (Å²) in [6.07, 6.45) is 6.85. The van der Waals surface area contributed by atoms with Crippen molar-refractivity contribution in [2.24, 2.45) is 0 Å². The van der Waals surface area contributed by atoms with E-state index < -0.39 is 0 Å². The quantitative estimate of drug-likeness (QED) is 0.441. The van der Waals surface area contributed by atoms with Crippen LogP contribution in [0.2, 0.25) is 0 Å². The summed E-state index contributed by atoms with van der Waals surface area (Å²) < 4.78 is 23.2. The molecule has 1 saturated heterocycles. The molecule has 0 saturated carbocycles. The number of aromatic nitrogens is 7. The van der Waals surface area contributed by atoms with Crippen molar-refractivity contribution >= 4 is 33.5 Å². The number of halogens is 1. The first-order valence-corrected chi connectivity index (χ1v) is 10.5. The Hall–Kier alpha value is -3.24. The third kappa shape index (κ3) is 2.79. The Bertz CT molecular complexity index is 1350. The van der Waals surface area contributed by atoms with Crippen molar-refractivity contribution in [3.8, 4) is 16.8 Å². The Morgan fingerprint density at radius 3 is 2.80 bits per heavy atom. The Balaban J connectivity index is 1.57. The molecule has 10 heteroatoms. The summed E-state index contributed by atoms with van der Waals surface area (Å²) in [6, 6.07) is 4.69. The van der Waals surface area contributed by atoms with Crippen LogP contribution in [-0.2, 0) is 4.74 Å². The molecule has 0 aliphatic carbocycles. The monoisotopic (exact) mass is 421 g/mol. The smallest absolute Gasteiger partial charge is 0.237 e. The third-order valence-electron chi connectivity index (χ3n) is 5.32. The highest BCUT2D eigenvalue weighted by molar-refractivity contribution is 7.13. The van der Waals surface area contributed by atoms with Gasteiger partial charge in [0.05, 0.1) is 17.2 Å². The van der Waals surface area contributed by atoms with Gasteiger partial charge in [0.25, 0.3) is 0 Å². The van der Waals surface area contributed by atoms with Gasteiger partial charge in [-0.25, -0.2) is 24.3 Å². The molecule has 1 fully saturated rings. The molecule has 6 rings (SSSR count). The van der Waals surface area contributed by atoms with Crippen LogP contribution in [-0.4, -0.2) is 47.3 Å². The Morgan fingerprint density at radius 2 is 1.97 bits per heavy atom. The van der Waals surface area contributed by atoms with E-state index in [0.717, 1.165) is 29.3 Å². The number of nitrogens with zero attached hydrogens (tertiary/aromatic N) is 7. The van der Waals surface area contributed by atoms with Crippen LogP contribution < -0.4 is 0 Å². The molecule has 0 unspecified atom stereocenters. The molecule has 0 radical (unpaired) electrons. The van der Waals surface area contributed by atoms with E-state index in [1.807, 2.05) is 5.38 Å². The lowest BCUT2D eigenvalue weighted by molar-refractivity contribution is 0.0708. The highest BCUT2D eigenvalue weighted by Crippen LogP contribution is 2.33. The van der Waals surface area contributed by atoms with Gasteiger partial charge in [-0.3, -0.25) is 4.57 Å². The number of hydrogen-bond donors (Lipinski definition) is 0. The van der Waals surface area contributed by atoms with Gasteiger partial charge < -0.3 is 9.30 Å². The number of rotatable bonds is 3. The molecule has 4 aromatic heterocycles. The van der Waals surface area contributed by atoms with Gasteiger partial charge in [-0.2, -0.15) is 4.98 Å². The minimum atomic E-state index is -0.330. The van der Waals surface area contributed by atoms with E-state index in [-0.39, 0.29) is 11.9 Å². The second-order valence-corrected chi connectivity index (χ2v) is 8.01. The molecule has 150 valence electrons. The van der Waals surface area contributed by atoms with E-state index in [0.29, 0.717) is 35.7 Å². The number of thiazole rings is 1. The molecule has 8 nitrogen and oxygen atoms in total. The summed E-state index contributed by atoms with van der Waals surface area (Å²) in [4.78, 5) is 22.9. The van der Waals surface area contributed by atoms with Crippen molar-refractivity contribution in [2.45, 2.75) is 18.9 Å². The fraction of sp³-hybridized carbons (Fsp3) is 0.250. The van der Waals surface area contributed by atoms with E-state index in [1.54, 1.807) is 40.7 Å². The average Bonchev–Trinajstić information content (AvgIpc) is 3.51. The summed E-state index contributed by atoms with van der Waals surface area (Å²) in [7, 11) is 0.